The summed E-state index contributed by atoms with van der Waals surface area (Å²) in [6.07, 6.45) is 3.24. The lowest BCUT2D eigenvalue weighted by Crippen LogP contribution is -2.62. The Labute approximate surface area is 159 Å². The van der Waals surface area contributed by atoms with Gasteiger partial charge in [0.05, 0.1) is 6.26 Å². The zero-order valence-electron chi connectivity index (χ0n) is 16.4. The van der Waals surface area contributed by atoms with Crippen molar-refractivity contribution in [2.24, 2.45) is 0 Å². The second-order valence-corrected chi connectivity index (χ2v) is 8.61. The Morgan fingerprint density at radius 3 is 2.52 bits per heavy atom. The Kier molecular flexibility index (Phi) is 5.29. The second-order valence-electron chi connectivity index (χ2n) is 8.61. The predicted molar refractivity (Wildman–Crippen MR) is 104 cm³/mol. The van der Waals surface area contributed by atoms with Crippen LogP contribution in [-0.4, -0.2) is 23.2 Å². The summed E-state index contributed by atoms with van der Waals surface area (Å²) >= 11 is 0. The SMILES string of the molecule is CC1(C)CC(NC(=O)NCc2ccc(-c3ccco3)cc2F)CC(C)(C)N1. The maximum atomic E-state index is 14.3. The molecule has 27 heavy (non-hydrogen) atoms. The van der Waals surface area contributed by atoms with Crippen molar-refractivity contribution in [2.45, 2.75) is 64.2 Å². The number of amides is 2. The van der Waals surface area contributed by atoms with Crippen LogP contribution in [0.1, 0.15) is 46.1 Å². The minimum atomic E-state index is -0.367. The van der Waals surface area contributed by atoms with Crippen LogP contribution in [0.25, 0.3) is 11.3 Å². The van der Waals surface area contributed by atoms with Crippen molar-refractivity contribution in [3.8, 4) is 11.3 Å². The molecule has 1 aliphatic heterocycles. The van der Waals surface area contributed by atoms with Gasteiger partial charge < -0.3 is 20.4 Å². The molecule has 1 aromatic heterocycles. The van der Waals surface area contributed by atoms with Crippen molar-refractivity contribution in [3.05, 3.63) is 48.0 Å². The van der Waals surface area contributed by atoms with Gasteiger partial charge >= 0.3 is 6.03 Å². The molecule has 0 spiro atoms. The first-order chi connectivity index (χ1) is 12.6. The van der Waals surface area contributed by atoms with Gasteiger partial charge in [-0.2, -0.15) is 0 Å². The van der Waals surface area contributed by atoms with E-state index in [2.05, 4.69) is 43.6 Å². The number of halogens is 1. The number of carbonyl (C=O) groups excluding carboxylic acids is 1. The number of rotatable bonds is 4. The first kappa shape index (κ1) is 19.4. The van der Waals surface area contributed by atoms with E-state index >= 15 is 0 Å². The van der Waals surface area contributed by atoms with E-state index < -0.39 is 0 Å². The van der Waals surface area contributed by atoms with Crippen LogP contribution in [0.15, 0.2) is 41.0 Å². The third-order valence-electron chi connectivity index (χ3n) is 4.82. The molecule has 1 saturated heterocycles. The summed E-state index contributed by atoms with van der Waals surface area (Å²) in [5.41, 5.74) is 1.01. The molecule has 1 fully saturated rings. The molecule has 0 saturated carbocycles. The fraction of sp³-hybridized carbons (Fsp3) is 0.476. The molecular weight excluding hydrogens is 345 g/mol. The van der Waals surface area contributed by atoms with Crippen LogP contribution in [-0.2, 0) is 6.54 Å². The van der Waals surface area contributed by atoms with Crippen molar-refractivity contribution >= 4 is 6.03 Å². The van der Waals surface area contributed by atoms with Crippen LogP contribution < -0.4 is 16.0 Å². The van der Waals surface area contributed by atoms with E-state index in [0.29, 0.717) is 16.9 Å². The van der Waals surface area contributed by atoms with E-state index in [0.717, 1.165) is 12.8 Å². The van der Waals surface area contributed by atoms with Gasteiger partial charge in [-0.15, -0.1) is 0 Å². The highest BCUT2D eigenvalue weighted by Gasteiger charge is 2.38. The minimum absolute atomic E-state index is 0.0481. The zero-order valence-corrected chi connectivity index (χ0v) is 16.4. The Morgan fingerprint density at radius 1 is 1.22 bits per heavy atom. The maximum Gasteiger partial charge on any atom is 0.315 e. The molecule has 2 amide bonds. The Bertz CT molecular complexity index is 784. The smallest absolute Gasteiger partial charge is 0.315 e. The molecule has 0 radical (unpaired) electrons. The number of benzene rings is 1. The molecule has 0 bridgehead atoms. The molecule has 3 rings (SSSR count). The van der Waals surface area contributed by atoms with Gasteiger partial charge in [-0.1, -0.05) is 12.1 Å². The number of urea groups is 1. The molecule has 1 aliphatic rings. The van der Waals surface area contributed by atoms with Gasteiger partial charge in [-0.3, -0.25) is 0 Å². The van der Waals surface area contributed by atoms with Gasteiger partial charge in [-0.05, 0) is 58.7 Å². The van der Waals surface area contributed by atoms with Gasteiger partial charge in [-0.25, -0.2) is 9.18 Å². The molecule has 6 heteroatoms. The van der Waals surface area contributed by atoms with Crippen molar-refractivity contribution in [1.29, 1.82) is 0 Å². The van der Waals surface area contributed by atoms with Crippen molar-refractivity contribution in [2.75, 3.05) is 0 Å². The Balaban J connectivity index is 1.56. The van der Waals surface area contributed by atoms with Gasteiger partial charge in [0.15, 0.2) is 0 Å². The van der Waals surface area contributed by atoms with Gasteiger partial charge in [0.1, 0.15) is 11.6 Å². The van der Waals surface area contributed by atoms with E-state index in [4.69, 9.17) is 4.42 Å². The summed E-state index contributed by atoms with van der Waals surface area (Å²) in [5.74, 6) is 0.246. The van der Waals surface area contributed by atoms with Crippen LogP contribution in [0, 0.1) is 5.82 Å². The average molecular weight is 373 g/mol. The Morgan fingerprint density at radius 2 is 1.93 bits per heavy atom. The van der Waals surface area contributed by atoms with Crippen LogP contribution in [0.5, 0.6) is 0 Å². The molecule has 3 N–H and O–H groups in total. The average Bonchev–Trinajstić information content (AvgIpc) is 3.04. The fourth-order valence-corrected chi connectivity index (χ4v) is 4.12. The summed E-state index contributed by atoms with van der Waals surface area (Å²) in [4.78, 5) is 12.3. The molecule has 2 heterocycles. The lowest BCUT2D eigenvalue weighted by molar-refractivity contribution is 0.147. The molecule has 0 aliphatic carbocycles. The van der Waals surface area contributed by atoms with Crippen LogP contribution >= 0.6 is 0 Å². The second kappa shape index (κ2) is 7.35. The summed E-state index contributed by atoms with van der Waals surface area (Å²) in [7, 11) is 0. The third kappa shape index (κ3) is 5.10. The maximum absolute atomic E-state index is 14.3. The molecule has 0 unspecified atom stereocenters. The largest absolute Gasteiger partial charge is 0.464 e. The quantitative estimate of drug-likeness (QED) is 0.753. The zero-order chi connectivity index (χ0) is 19.7. The third-order valence-corrected chi connectivity index (χ3v) is 4.82. The molecule has 146 valence electrons. The Hall–Kier alpha value is -2.34. The highest BCUT2D eigenvalue weighted by atomic mass is 19.1. The number of piperidine rings is 1. The minimum Gasteiger partial charge on any atom is -0.464 e. The highest BCUT2D eigenvalue weighted by Crippen LogP contribution is 2.28. The number of nitrogens with one attached hydrogen (secondary N) is 3. The molecule has 1 aromatic carbocycles. The van der Waals surface area contributed by atoms with E-state index in [9.17, 15) is 9.18 Å². The lowest BCUT2D eigenvalue weighted by atomic mass is 9.80. The van der Waals surface area contributed by atoms with E-state index in [1.165, 1.54) is 6.07 Å². The van der Waals surface area contributed by atoms with E-state index in [1.54, 1.807) is 30.5 Å². The van der Waals surface area contributed by atoms with Gasteiger partial charge in [0.2, 0.25) is 0 Å². The number of hydrogen-bond donors (Lipinski definition) is 3. The number of hydrogen-bond acceptors (Lipinski definition) is 3. The van der Waals surface area contributed by atoms with Crippen LogP contribution in [0.4, 0.5) is 9.18 Å². The molecule has 2 aromatic rings. The number of carbonyl (C=O) groups is 1. The predicted octanol–water partition coefficient (Wildman–Crippen LogP) is 4.19. The summed E-state index contributed by atoms with van der Waals surface area (Å²) in [5, 5.41) is 9.38. The van der Waals surface area contributed by atoms with Crippen molar-refractivity contribution < 1.29 is 13.6 Å². The molecule has 5 nitrogen and oxygen atoms in total. The summed E-state index contributed by atoms with van der Waals surface area (Å²) in [6.45, 7) is 8.67. The topological polar surface area (TPSA) is 66.3 Å². The molecule has 0 atom stereocenters. The number of furan rings is 1. The summed E-state index contributed by atoms with van der Waals surface area (Å²) in [6, 6.07) is 8.22. The first-order valence-corrected chi connectivity index (χ1v) is 9.30. The van der Waals surface area contributed by atoms with E-state index in [1.807, 2.05) is 0 Å². The highest BCUT2D eigenvalue weighted by molar-refractivity contribution is 5.74. The van der Waals surface area contributed by atoms with Crippen molar-refractivity contribution in [3.63, 3.8) is 0 Å². The standard InChI is InChI=1S/C21H28FN3O2/c1-20(2)11-16(12-21(3,4)25-20)24-19(26)23-13-15-8-7-14(10-17(15)22)18-6-5-9-27-18/h5-10,16,25H,11-13H2,1-4H3,(H2,23,24,26). The van der Waals surface area contributed by atoms with Crippen molar-refractivity contribution in [1.82, 2.24) is 16.0 Å². The summed E-state index contributed by atoms with van der Waals surface area (Å²) < 4.78 is 19.6. The molecular formula is C21H28FN3O2. The fourth-order valence-electron chi connectivity index (χ4n) is 4.12. The van der Waals surface area contributed by atoms with E-state index in [-0.39, 0.29) is 35.5 Å². The lowest BCUT2D eigenvalue weighted by Gasteiger charge is -2.46. The first-order valence-electron chi connectivity index (χ1n) is 9.30. The van der Waals surface area contributed by atoms with Crippen LogP contribution in [0.2, 0.25) is 0 Å². The van der Waals surface area contributed by atoms with Gasteiger partial charge in [0.25, 0.3) is 0 Å². The monoisotopic (exact) mass is 373 g/mol. The van der Waals surface area contributed by atoms with Crippen LogP contribution in [0.3, 0.4) is 0 Å². The van der Waals surface area contributed by atoms with Gasteiger partial charge in [0, 0.05) is 34.8 Å². The normalized spacial score (nSPS) is 18.9.